The Labute approximate surface area is 908 Å². The Bertz CT molecular complexity index is 7850. The fraction of sp³-hybridized carbons (Fsp3) is 0.127. The van der Waals surface area contributed by atoms with Crippen molar-refractivity contribution in [3.05, 3.63) is 423 Å². The Balaban J connectivity index is 0.000000166. The van der Waals surface area contributed by atoms with Gasteiger partial charge in [0.1, 0.15) is 33.8 Å². The van der Waals surface area contributed by atoms with Gasteiger partial charge in [-0.25, -0.2) is 19.2 Å². The number of allylic oxidation sites excluding steroid dienone is 2. The van der Waals surface area contributed by atoms with Gasteiger partial charge < -0.3 is 51.9 Å². The molecule has 0 saturated heterocycles. The minimum absolute atomic E-state index is 0.0341. The average Bonchev–Trinajstić information content (AvgIpc) is 0.769. The summed E-state index contributed by atoms with van der Waals surface area (Å²) in [4.78, 5) is 146. The van der Waals surface area contributed by atoms with Gasteiger partial charge >= 0.3 is 58.3 Å². The number of methoxy groups -OCH3 is 3. The normalized spacial score (nSPS) is 11.3. The number of hydrogen-bond donors (Lipinski definition) is 3. The molecule has 0 fully saturated rings. The van der Waals surface area contributed by atoms with Crippen LogP contribution < -0.4 is 27.2 Å². The monoisotopic (exact) mass is 2450 g/mol. The van der Waals surface area contributed by atoms with Gasteiger partial charge in [0.2, 0.25) is 0 Å². The zero-order valence-corrected chi connectivity index (χ0v) is 90.6. The number of fused-ring (bicyclic) bond motifs is 4. The average molecular weight is 2460 g/mol. The highest BCUT2D eigenvalue weighted by Crippen LogP contribution is 2.43. The predicted octanol–water partition coefficient (Wildman–Crippen LogP) is 30.0. The number of carboxylic acid groups (broad SMARTS) is 2. The molecule has 0 saturated carbocycles. The number of benzene rings is 12. The van der Waals surface area contributed by atoms with Crippen molar-refractivity contribution in [1.82, 2.24) is 0 Å². The minimum Gasteiger partial charge on any atom is -0.507 e. The highest BCUT2D eigenvalue weighted by atomic mass is 79.9. The first-order chi connectivity index (χ1) is 69.3. The number of ether oxygens (including phenoxy) is 4. The topological polar surface area (TPSA) is 355 Å². The van der Waals surface area contributed by atoms with Crippen molar-refractivity contribution in [3.63, 3.8) is 0 Å². The maximum absolute atomic E-state index is 12.9. The van der Waals surface area contributed by atoms with Crippen LogP contribution in [0.3, 0.4) is 0 Å². The zero-order valence-electron chi connectivity index (χ0n) is 76.5. The van der Waals surface area contributed by atoms with E-state index in [0.717, 1.165) is 44.4 Å². The van der Waals surface area contributed by atoms with Gasteiger partial charge in [0, 0.05) is 112 Å². The lowest BCUT2D eigenvalue weighted by Crippen LogP contribution is -2.22. The summed E-state index contributed by atoms with van der Waals surface area (Å²) in [7, 11) is 3.81. The van der Waals surface area contributed by atoms with E-state index in [-0.39, 0.29) is 88.6 Å². The van der Waals surface area contributed by atoms with E-state index in [1.165, 1.54) is 39.5 Å². The second kappa shape index (κ2) is 53.1. The van der Waals surface area contributed by atoms with Crippen molar-refractivity contribution < 1.29 is 90.3 Å². The standard InChI is InChI=1S/C21H16BrClO4.C20H16BrClO4.C20H14BrClO4.C18H14BrClO5.C18H12BrClO4.C13H8BrClO2/c1-3-4-15(20(24)26-2)19-18(12-5-8-14(23)9-6-12)16-11-13(22)7-10-17(16)27-21(19)25;2*1-2-3-14(19(23)24)18-17(11-4-7-13(22)8-5-11)15-10-12(21)6-9-16(15)26-20(18)25;1-24-16(21)8-9-17(22)25-15-7-4-12(19)10-14(15)18(23)11-2-5-13(20)6-3-11;1-23-16(21)9-14-17(10-2-5-12(20)6-3-10)13-8-11(19)4-7-15(13)24-18(14)22;14-9-3-6-12(16)11(7-9)13(17)8-1-4-10(15)5-2-8/h3,5-11,15H,1,4H2,2H3;4-10,14H,2-3H2,1H3,(H,23,24);2,4-10,14H,1,3H2,(H,23,24);2-7,10H,8-9H2,1H3;2-8H,9H2,1H3;1-7,16H. The third-order valence-electron chi connectivity index (χ3n) is 21.8. The summed E-state index contributed by atoms with van der Waals surface area (Å²) in [6.07, 6.45) is 4.00. The van der Waals surface area contributed by atoms with Gasteiger partial charge in [0.15, 0.2) is 11.6 Å². The van der Waals surface area contributed by atoms with Crippen LogP contribution in [-0.2, 0) is 49.4 Å². The van der Waals surface area contributed by atoms with Crippen LogP contribution >= 0.6 is 165 Å². The van der Waals surface area contributed by atoms with Crippen LogP contribution in [0.1, 0.15) is 117 Å². The van der Waals surface area contributed by atoms with Crippen molar-refractivity contribution >= 4 is 256 Å². The molecule has 0 aliphatic rings. The molecule has 0 spiro atoms. The van der Waals surface area contributed by atoms with E-state index in [1.807, 2.05) is 37.3 Å². The first kappa shape index (κ1) is 113. The lowest BCUT2D eigenvalue weighted by Gasteiger charge is -2.18. The second-order valence-corrected chi connectivity index (χ2v) is 39.5. The lowest BCUT2D eigenvalue weighted by atomic mass is 9.87. The summed E-state index contributed by atoms with van der Waals surface area (Å²) in [5.74, 6) is -7.59. The number of halogens is 12. The summed E-state index contributed by atoms with van der Waals surface area (Å²) >= 11 is 55.8. The number of ketones is 2. The molecule has 3 N–H and O–H groups in total. The van der Waals surface area contributed by atoms with Gasteiger partial charge in [-0.3, -0.25) is 38.4 Å². The van der Waals surface area contributed by atoms with Gasteiger partial charge in [0.05, 0.1) is 91.7 Å². The van der Waals surface area contributed by atoms with Crippen molar-refractivity contribution in [1.29, 1.82) is 0 Å². The number of phenols is 1. The highest BCUT2D eigenvalue weighted by molar-refractivity contribution is 9.11. The van der Waals surface area contributed by atoms with Gasteiger partial charge in [0.25, 0.3) is 0 Å². The molecule has 16 rings (SSSR count). The Hall–Kier alpha value is -12.5. The number of carboxylic acids is 2. The number of rotatable bonds is 26. The molecule has 742 valence electrons. The fourth-order valence-electron chi connectivity index (χ4n) is 15.1. The summed E-state index contributed by atoms with van der Waals surface area (Å²) < 4.78 is 45.8. The molecule has 0 aliphatic carbocycles. The molecule has 3 unspecified atom stereocenters. The van der Waals surface area contributed by atoms with Gasteiger partial charge in [-0.05, 0) is 248 Å². The van der Waals surface area contributed by atoms with Gasteiger partial charge in [-0.15, -0.1) is 13.2 Å². The van der Waals surface area contributed by atoms with E-state index in [4.69, 9.17) is 101 Å². The van der Waals surface area contributed by atoms with Crippen LogP contribution in [0.15, 0.2) is 344 Å². The van der Waals surface area contributed by atoms with E-state index < -0.39 is 76.1 Å². The molecule has 23 nitrogen and oxygen atoms in total. The number of carbonyl (C=O) groups is 8. The third kappa shape index (κ3) is 29.5. The van der Waals surface area contributed by atoms with Crippen molar-refractivity contribution in [2.75, 3.05) is 21.3 Å². The van der Waals surface area contributed by atoms with E-state index in [1.54, 1.807) is 218 Å². The molecule has 4 heterocycles. The van der Waals surface area contributed by atoms with E-state index >= 15 is 0 Å². The number of esters is 4. The number of carbonyl (C=O) groups excluding carboxylic acids is 6. The van der Waals surface area contributed by atoms with Crippen molar-refractivity contribution in [2.45, 2.75) is 69.6 Å². The van der Waals surface area contributed by atoms with Crippen molar-refractivity contribution in [2.24, 2.45) is 0 Å². The Kier molecular flexibility index (Phi) is 41.3. The molecule has 16 aromatic rings. The van der Waals surface area contributed by atoms with Crippen LogP contribution in [0.5, 0.6) is 11.5 Å². The first-order valence-corrected chi connectivity index (χ1v) is 50.4. The number of hydrogen-bond acceptors (Lipinski definition) is 21. The van der Waals surface area contributed by atoms with E-state index in [9.17, 15) is 72.9 Å². The molecule has 0 aliphatic heterocycles. The molecule has 0 radical (unpaired) electrons. The van der Waals surface area contributed by atoms with E-state index in [0.29, 0.717) is 125 Å². The molecule has 35 heteroatoms. The van der Waals surface area contributed by atoms with Crippen LogP contribution in [-0.4, -0.2) is 84.0 Å². The Morgan fingerprint density at radius 2 is 0.662 bits per heavy atom. The maximum atomic E-state index is 12.9. The first-order valence-electron chi connectivity index (χ1n) is 43.3. The summed E-state index contributed by atoms with van der Waals surface area (Å²) in [6.45, 7) is 9.19. The zero-order chi connectivity index (χ0) is 105. The molecule has 145 heavy (non-hydrogen) atoms. The summed E-state index contributed by atoms with van der Waals surface area (Å²) in [5, 5.41) is 35.1. The number of aromatic hydroxyl groups is 1. The number of phenolic OH excluding ortho intramolecular Hbond substituents is 1. The SMILES string of the molecule is C=CCC(C(=O)O)c1c(-c2ccc(Cl)cc2)c2cc(Br)ccc2oc1=O.C=CCC(C(=O)OC)c1c(-c2ccc(Cl)cc2)c2cc(Br)ccc2oc1=O.CCCC(C(=O)O)c1c(-c2ccc(Cl)cc2)c2cc(Br)ccc2oc1=O.COC(=O)CCC(=O)Oc1ccc(Br)cc1C(=O)c1ccc(Cl)cc1.COC(=O)Cc1c(-c2ccc(Cl)cc2)c2cc(Br)ccc2oc1=O.O=C(c1ccc(Cl)cc1)c1cc(Br)ccc1O. The fourth-order valence-corrected chi connectivity index (χ4v) is 18.0. The van der Waals surface area contributed by atoms with Crippen LogP contribution in [0.2, 0.25) is 30.1 Å². The van der Waals surface area contributed by atoms with Crippen LogP contribution in [0.25, 0.3) is 88.4 Å². The molecule has 4 aromatic heterocycles. The molecule has 12 aromatic carbocycles. The Morgan fingerprint density at radius 3 is 1.02 bits per heavy atom. The smallest absolute Gasteiger partial charge is 0.340 e. The molecular weight excluding hydrogens is 2380 g/mol. The predicted molar refractivity (Wildman–Crippen MR) is 585 cm³/mol. The molecule has 0 bridgehead atoms. The molecule has 3 atom stereocenters. The largest absolute Gasteiger partial charge is 0.507 e. The van der Waals surface area contributed by atoms with Crippen LogP contribution in [0.4, 0.5) is 0 Å². The van der Waals surface area contributed by atoms with E-state index in [2.05, 4.69) is 113 Å². The molecule has 0 amide bonds. The maximum Gasteiger partial charge on any atom is 0.340 e. The summed E-state index contributed by atoms with van der Waals surface area (Å²) in [6, 6.07) is 71.7. The quantitative estimate of drug-likeness (QED) is 0.0113. The Morgan fingerprint density at radius 1 is 0.359 bits per heavy atom. The number of aliphatic carboxylic acids is 2. The van der Waals surface area contributed by atoms with Crippen molar-refractivity contribution in [3.8, 4) is 56.0 Å². The second-order valence-electron chi connectivity index (χ2n) is 31.3. The van der Waals surface area contributed by atoms with Gasteiger partial charge in [-0.2, -0.15) is 0 Å². The lowest BCUT2D eigenvalue weighted by molar-refractivity contribution is -0.144. The minimum atomic E-state index is -1.11. The third-order valence-corrected chi connectivity index (χ3v) is 26.3. The van der Waals surface area contributed by atoms with Crippen LogP contribution in [0, 0.1) is 0 Å². The molecular formula is C110H80Br6Cl6O23. The summed E-state index contributed by atoms with van der Waals surface area (Å²) in [5.41, 5.74) is 6.74. The highest BCUT2D eigenvalue weighted by Gasteiger charge is 2.34. The van der Waals surface area contributed by atoms with Gasteiger partial charge in [-0.1, -0.05) is 239 Å².